The summed E-state index contributed by atoms with van der Waals surface area (Å²) < 4.78 is 0. The van der Waals surface area contributed by atoms with Crippen molar-refractivity contribution in [3.8, 4) is 33.4 Å². The third-order valence-corrected chi connectivity index (χ3v) is 9.77. The monoisotopic (exact) mass is 590 g/mol. The van der Waals surface area contributed by atoms with E-state index in [0.717, 1.165) is 25.7 Å². The van der Waals surface area contributed by atoms with Crippen molar-refractivity contribution in [2.45, 2.75) is 39.5 Å². The predicted octanol–water partition coefficient (Wildman–Crippen LogP) is 13.1. The first-order valence-electron chi connectivity index (χ1n) is 16.9. The van der Waals surface area contributed by atoms with E-state index in [0.29, 0.717) is 0 Å². The van der Waals surface area contributed by atoms with Crippen molar-refractivity contribution in [2.75, 3.05) is 0 Å². The summed E-state index contributed by atoms with van der Waals surface area (Å²) in [7, 11) is 0. The van der Waals surface area contributed by atoms with E-state index in [4.69, 9.17) is 0 Å². The highest BCUT2D eigenvalue weighted by atomic mass is 14.3. The molecule has 0 spiro atoms. The number of aryl methyl sites for hydroxylation is 1. The van der Waals surface area contributed by atoms with E-state index >= 15 is 0 Å². The molecule has 2 aliphatic carbocycles. The molecule has 0 aliphatic heterocycles. The molecule has 0 unspecified atom stereocenters. The lowest BCUT2D eigenvalue weighted by Gasteiger charge is -2.25. The summed E-state index contributed by atoms with van der Waals surface area (Å²) in [5, 5.41) is 7.82. The Morgan fingerprint density at radius 2 is 1.04 bits per heavy atom. The molecule has 0 aromatic heterocycles. The number of benzene rings is 7. The summed E-state index contributed by atoms with van der Waals surface area (Å²) in [6.45, 7) is 4.00. The molecule has 46 heavy (non-hydrogen) atoms. The molecule has 2 aliphatic rings. The van der Waals surface area contributed by atoms with Crippen LogP contribution in [0.15, 0.2) is 133 Å². The predicted molar refractivity (Wildman–Crippen MR) is 201 cm³/mol. The van der Waals surface area contributed by atoms with Gasteiger partial charge >= 0.3 is 0 Å². The van der Waals surface area contributed by atoms with Crippen LogP contribution in [0.5, 0.6) is 0 Å². The summed E-state index contributed by atoms with van der Waals surface area (Å²) >= 11 is 0. The average molecular weight is 591 g/mol. The second kappa shape index (κ2) is 12.0. The number of rotatable bonds is 3. The highest BCUT2D eigenvalue weighted by molar-refractivity contribution is 6.12. The second-order valence-corrected chi connectivity index (χ2v) is 12.3. The van der Waals surface area contributed by atoms with Gasteiger partial charge in [-0.1, -0.05) is 147 Å². The number of hydrogen-bond donors (Lipinski definition) is 0. The fraction of sp³-hybridized carbons (Fsp3) is 0.130. The lowest BCUT2D eigenvalue weighted by molar-refractivity contribution is 0.984. The molecule has 0 saturated carbocycles. The van der Waals surface area contributed by atoms with E-state index in [1.54, 1.807) is 0 Å². The largest absolute Gasteiger partial charge is 0.0836 e. The van der Waals surface area contributed by atoms with Gasteiger partial charge < -0.3 is 0 Å². The van der Waals surface area contributed by atoms with Gasteiger partial charge in [-0.25, -0.2) is 0 Å². The van der Waals surface area contributed by atoms with Gasteiger partial charge in [0.1, 0.15) is 0 Å². The van der Waals surface area contributed by atoms with Crippen molar-refractivity contribution in [1.29, 1.82) is 0 Å². The zero-order valence-electron chi connectivity index (χ0n) is 26.7. The molecule has 222 valence electrons. The number of hydrogen-bond acceptors (Lipinski definition) is 0. The molecule has 9 rings (SSSR count). The van der Waals surface area contributed by atoms with Crippen LogP contribution in [-0.2, 0) is 12.8 Å². The molecule has 7 aromatic carbocycles. The lowest BCUT2D eigenvalue weighted by Crippen LogP contribution is -2.04. The van der Waals surface area contributed by atoms with Crippen LogP contribution in [0.1, 0.15) is 48.9 Å². The van der Waals surface area contributed by atoms with Crippen molar-refractivity contribution in [3.05, 3.63) is 156 Å². The maximum atomic E-state index is 2.41. The molecule has 0 nitrogen and oxygen atoms in total. The smallest absolute Gasteiger partial charge is 0.00236 e. The van der Waals surface area contributed by atoms with Gasteiger partial charge in [-0.15, -0.1) is 0 Å². The van der Waals surface area contributed by atoms with Gasteiger partial charge in [0.05, 0.1) is 0 Å². The fourth-order valence-electron chi connectivity index (χ4n) is 7.74. The van der Waals surface area contributed by atoms with Crippen molar-refractivity contribution in [2.24, 2.45) is 0 Å². The van der Waals surface area contributed by atoms with Crippen LogP contribution >= 0.6 is 0 Å². The van der Waals surface area contributed by atoms with Gasteiger partial charge in [0, 0.05) is 0 Å². The van der Waals surface area contributed by atoms with E-state index in [2.05, 4.69) is 146 Å². The molecule has 0 amide bonds. The van der Waals surface area contributed by atoms with Crippen LogP contribution in [0.25, 0.3) is 77.9 Å². The van der Waals surface area contributed by atoms with Crippen LogP contribution < -0.4 is 0 Å². The standard InChI is InChI=1S/C44H32.C2H6/c1-3-15-35-29(11-1)13-9-21-37(35)33-25-23-32-28-34(26-24-31(32)27-33)43-39-17-5-7-19-41(39)44(42-20-8-6-18-40(42)43)38-22-10-14-30-12-2-4-16-36(30)38;1-2/h1,3-5,7-11,13-17,19-28H,2,6,12,18H2;1-2H3. The Hall–Kier alpha value is -5.20. The highest BCUT2D eigenvalue weighted by Crippen LogP contribution is 2.46. The van der Waals surface area contributed by atoms with Gasteiger partial charge in [0.15, 0.2) is 0 Å². The molecule has 0 atom stereocenters. The topological polar surface area (TPSA) is 0 Å². The molecule has 0 heteroatoms. The Morgan fingerprint density at radius 3 is 1.87 bits per heavy atom. The Morgan fingerprint density at radius 1 is 0.435 bits per heavy atom. The maximum Gasteiger partial charge on any atom is -0.00236 e. The Labute approximate surface area is 272 Å². The summed E-state index contributed by atoms with van der Waals surface area (Å²) in [5.41, 5.74) is 13.7. The van der Waals surface area contributed by atoms with E-state index in [1.165, 1.54) is 88.0 Å². The van der Waals surface area contributed by atoms with Crippen molar-refractivity contribution in [3.63, 3.8) is 0 Å². The SMILES string of the molecule is C1=Cc2c(cccc2-c2c3c(c(-c4ccc5cc(-c6cccc7ccccc67)ccc5c4)c4ccccc24)CCC=C3)CC1.CC. The van der Waals surface area contributed by atoms with Crippen molar-refractivity contribution >= 4 is 44.5 Å². The molecule has 0 radical (unpaired) electrons. The fourth-order valence-corrected chi connectivity index (χ4v) is 7.74. The van der Waals surface area contributed by atoms with Gasteiger partial charge in [-0.3, -0.25) is 0 Å². The van der Waals surface area contributed by atoms with Crippen molar-refractivity contribution < 1.29 is 0 Å². The molecule has 0 fully saturated rings. The number of fused-ring (bicyclic) bond motifs is 5. The summed E-state index contributed by atoms with van der Waals surface area (Å²) in [6, 6.07) is 45.3. The summed E-state index contributed by atoms with van der Waals surface area (Å²) in [4.78, 5) is 0. The van der Waals surface area contributed by atoms with Gasteiger partial charge in [-0.05, 0) is 126 Å². The van der Waals surface area contributed by atoms with Gasteiger partial charge in [-0.2, -0.15) is 0 Å². The third kappa shape index (κ3) is 4.68. The summed E-state index contributed by atoms with van der Waals surface area (Å²) in [6.07, 6.45) is 13.8. The van der Waals surface area contributed by atoms with Gasteiger partial charge in [0.25, 0.3) is 0 Å². The molecule has 0 N–H and O–H groups in total. The first kappa shape index (κ1) is 28.3. The van der Waals surface area contributed by atoms with Crippen LogP contribution in [0.3, 0.4) is 0 Å². The minimum atomic E-state index is 1.06. The second-order valence-electron chi connectivity index (χ2n) is 12.3. The maximum absolute atomic E-state index is 2.41. The highest BCUT2D eigenvalue weighted by Gasteiger charge is 2.23. The molecule has 7 aromatic rings. The first-order chi connectivity index (χ1) is 22.8. The third-order valence-electron chi connectivity index (χ3n) is 9.77. The minimum Gasteiger partial charge on any atom is -0.0836 e. The Balaban J connectivity index is 0.00000153. The molecule has 0 saturated heterocycles. The van der Waals surface area contributed by atoms with E-state index < -0.39 is 0 Å². The van der Waals surface area contributed by atoms with Crippen molar-refractivity contribution in [1.82, 2.24) is 0 Å². The normalized spacial score (nSPS) is 13.3. The molecule has 0 bridgehead atoms. The molecular formula is C46H38. The number of allylic oxidation sites excluding steroid dienone is 2. The quantitative estimate of drug-likeness (QED) is 0.192. The van der Waals surface area contributed by atoms with Crippen LogP contribution in [0.2, 0.25) is 0 Å². The average Bonchev–Trinajstić information content (AvgIpc) is 3.14. The van der Waals surface area contributed by atoms with Crippen LogP contribution in [0, 0.1) is 0 Å². The Kier molecular flexibility index (Phi) is 7.35. The zero-order chi connectivity index (χ0) is 31.0. The minimum absolute atomic E-state index is 1.06. The van der Waals surface area contributed by atoms with Crippen LogP contribution in [-0.4, -0.2) is 0 Å². The van der Waals surface area contributed by atoms with E-state index in [1.807, 2.05) is 13.8 Å². The van der Waals surface area contributed by atoms with Gasteiger partial charge in [0.2, 0.25) is 0 Å². The lowest BCUT2D eigenvalue weighted by atomic mass is 9.78. The van der Waals surface area contributed by atoms with E-state index in [-0.39, 0.29) is 0 Å². The molecular weight excluding hydrogens is 553 g/mol. The summed E-state index contributed by atoms with van der Waals surface area (Å²) in [5.74, 6) is 0. The van der Waals surface area contributed by atoms with E-state index in [9.17, 15) is 0 Å². The van der Waals surface area contributed by atoms with Crippen LogP contribution in [0.4, 0.5) is 0 Å². The Bertz CT molecular complexity index is 2320. The zero-order valence-corrected chi connectivity index (χ0v) is 26.7. The first-order valence-corrected chi connectivity index (χ1v) is 16.9. The molecule has 0 heterocycles.